The van der Waals surface area contributed by atoms with Crippen LogP contribution in [0.15, 0.2) is 60.9 Å². The second-order valence-corrected chi connectivity index (χ2v) is 18.6. The molecule has 2 saturated heterocycles. The van der Waals surface area contributed by atoms with Crippen molar-refractivity contribution in [1.82, 2.24) is 29.7 Å². The molecule has 278 valence electrons. The number of amides is 2. The molecule has 8 aliphatic rings. The van der Waals surface area contributed by atoms with Gasteiger partial charge in [-0.1, -0.05) is 48.5 Å². The van der Waals surface area contributed by atoms with E-state index in [1.54, 1.807) is 0 Å². The molecule has 0 radical (unpaired) electrons. The van der Waals surface area contributed by atoms with Crippen LogP contribution in [0.25, 0.3) is 33.6 Å². The van der Waals surface area contributed by atoms with Gasteiger partial charge in [0.2, 0.25) is 11.8 Å². The van der Waals surface area contributed by atoms with Gasteiger partial charge in [-0.2, -0.15) is 0 Å². The number of nitrogens with one attached hydrogen (secondary N) is 2. The summed E-state index contributed by atoms with van der Waals surface area (Å²) in [5.74, 6) is 7.14. The second kappa shape index (κ2) is 11.6. The lowest BCUT2D eigenvalue weighted by Crippen LogP contribution is -2.48. The van der Waals surface area contributed by atoms with Crippen molar-refractivity contribution in [3.8, 4) is 33.6 Å². The molecule has 6 saturated carbocycles. The fourth-order valence-corrected chi connectivity index (χ4v) is 11.9. The number of piperidine rings is 2. The van der Waals surface area contributed by atoms with Crippen molar-refractivity contribution in [3.05, 3.63) is 72.6 Å². The van der Waals surface area contributed by atoms with Crippen LogP contribution in [0.5, 0.6) is 0 Å². The SMILES string of the molecule is NC(C(=O)N1[C@@H]2C[C@@H]2C[C@H]1c1nc(-c2ccc(-c3ccc(-c4c[nH]c([C@@H]5C[C@H]6C[C@H]6N5C(=O)C(N)[C@H]5C[C@@H]6C[C@@H]6C5)n4)cc3)cc2)c[nH]1)[C@H]1C[C@@H]2C[C@@H]2C1. The number of benzene rings is 2. The molecule has 12 rings (SSSR count). The Labute approximate surface area is 315 Å². The highest BCUT2D eigenvalue weighted by Gasteiger charge is 2.59. The normalized spacial score (nSPS) is 37.4. The third-order valence-corrected chi connectivity index (χ3v) is 15.4. The van der Waals surface area contributed by atoms with E-state index in [9.17, 15) is 9.59 Å². The van der Waals surface area contributed by atoms with Crippen molar-refractivity contribution < 1.29 is 9.59 Å². The van der Waals surface area contributed by atoms with Gasteiger partial charge >= 0.3 is 0 Å². The van der Waals surface area contributed by atoms with Gasteiger partial charge in [0.1, 0.15) is 11.6 Å². The molecule has 10 nitrogen and oxygen atoms in total. The Morgan fingerprint density at radius 2 is 0.889 bits per heavy atom. The highest BCUT2D eigenvalue weighted by atomic mass is 16.2. The smallest absolute Gasteiger partial charge is 0.240 e. The maximum Gasteiger partial charge on any atom is 0.240 e. The maximum absolute atomic E-state index is 13.7. The molecule has 0 bridgehead atoms. The van der Waals surface area contributed by atoms with Gasteiger partial charge in [0.05, 0.1) is 35.6 Å². The van der Waals surface area contributed by atoms with Crippen LogP contribution in [0.4, 0.5) is 0 Å². The van der Waals surface area contributed by atoms with Crippen LogP contribution in [-0.2, 0) is 9.59 Å². The molecule has 8 fully saturated rings. The summed E-state index contributed by atoms with van der Waals surface area (Å²) in [7, 11) is 0. The molecule has 2 aromatic heterocycles. The first-order valence-electron chi connectivity index (χ1n) is 20.8. The van der Waals surface area contributed by atoms with Crippen LogP contribution in [0, 0.1) is 47.3 Å². The first-order valence-corrected chi connectivity index (χ1v) is 20.8. The first kappa shape index (κ1) is 32.0. The van der Waals surface area contributed by atoms with Gasteiger partial charge in [0.15, 0.2) is 0 Å². The van der Waals surface area contributed by atoms with E-state index in [-0.39, 0.29) is 36.0 Å². The zero-order valence-electron chi connectivity index (χ0n) is 30.7. The van der Waals surface area contributed by atoms with Gasteiger partial charge in [-0.05, 0) is 123 Å². The predicted molar refractivity (Wildman–Crippen MR) is 204 cm³/mol. The number of likely N-dealkylation sites (tertiary alicyclic amines) is 2. The Morgan fingerprint density at radius 3 is 1.28 bits per heavy atom. The summed E-state index contributed by atoms with van der Waals surface area (Å²) in [5, 5.41) is 0. The molecule has 54 heavy (non-hydrogen) atoms. The molecule has 0 spiro atoms. The average molecular weight is 723 g/mol. The van der Waals surface area contributed by atoms with Crippen molar-refractivity contribution in [3.63, 3.8) is 0 Å². The molecule has 4 aromatic rings. The first-order chi connectivity index (χ1) is 26.3. The van der Waals surface area contributed by atoms with E-state index in [2.05, 4.69) is 68.3 Å². The van der Waals surface area contributed by atoms with Crippen molar-refractivity contribution in [1.29, 1.82) is 0 Å². The summed E-state index contributed by atoms with van der Waals surface area (Å²) in [4.78, 5) is 48.6. The fraction of sp³-hybridized carbons (Fsp3) is 0.545. The number of carbonyl (C=O) groups excluding carboxylic acids is 2. The number of hydrogen-bond acceptors (Lipinski definition) is 6. The molecule has 14 atom stereocenters. The van der Waals surface area contributed by atoms with Gasteiger partial charge in [0.25, 0.3) is 0 Å². The molecule has 6 N–H and O–H groups in total. The highest BCUT2D eigenvalue weighted by molar-refractivity contribution is 5.84. The number of fused-ring (bicyclic) bond motifs is 4. The van der Waals surface area contributed by atoms with E-state index in [4.69, 9.17) is 21.4 Å². The number of aromatic amines is 2. The van der Waals surface area contributed by atoms with E-state index < -0.39 is 0 Å². The molecule has 2 aliphatic heterocycles. The number of hydrogen-bond donors (Lipinski definition) is 4. The number of nitrogens with two attached hydrogens (primary N) is 2. The van der Waals surface area contributed by atoms with Crippen LogP contribution >= 0.6 is 0 Å². The Kier molecular flexibility index (Phi) is 6.89. The zero-order valence-corrected chi connectivity index (χ0v) is 30.7. The summed E-state index contributed by atoms with van der Waals surface area (Å²) in [6.45, 7) is 0. The number of H-pyrrole nitrogens is 2. The van der Waals surface area contributed by atoms with Gasteiger partial charge in [0, 0.05) is 35.6 Å². The number of nitrogens with zero attached hydrogens (tertiary/aromatic N) is 4. The van der Waals surface area contributed by atoms with Crippen LogP contribution < -0.4 is 11.5 Å². The van der Waals surface area contributed by atoms with Crippen molar-refractivity contribution >= 4 is 11.8 Å². The zero-order chi connectivity index (χ0) is 36.0. The predicted octanol–water partition coefficient (Wildman–Crippen LogP) is 6.20. The summed E-state index contributed by atoms with van der Waals surface area (Å²) in [6.07, 6.45) is 15.3. The van der Waals surface area contributed by atoms with E-state index in [1.807, 2.05) is 12.4 Å². The maximum atomic E-state index is 13.7. The van der Waals surface area contributed by atoms with Crippen LogP contribution in [0.1, 0.15) is 87.9 Å². The van der Waals surface area contributed by atoms with Gasteiger partial charge in [-0.3, -0.25) is 9.59 Å². The lowest BCUT2D eigenvalue weighted by atomic mass is 9.93. The summed E-state index contributed by atoms with van der Waals surface area (Å²) >= 11 is 0. The number of imidazole rings is 2. The molecule has 10 heteroatoms. The topological polar surface area (TPSA) is 150 Å². The standard InChI is InChI=1S/C44H50N8O2/c45-39(31-11-25-9-26(25)12-31)43(53)51-35-15-29(35)17-37(51)41-47-19-33(49-41)23-5-1-21(2-6-23)22-3-7-24(8-4-22)34-20-48-42(50-34)38-18-30-16-36(30)52(38)44(54)40(46)32-13-27-10-28(27)14-32/h1-8,19-20,25-32,35-40H,9-18,45-46H2,(H,47,49)(H,48,50)/t25-,26+,27-,28+,29-,30-,31-,32-,35-,36-,37+,38+,39?,40?/m1/s1. The van der Waals surface area contributed by atoms with E-state index >= 15 is 0 Å². The Balaban J connectivity index is 0.711. The molecule has 2 amide bonds. The Morgan fingerprint density at radius 1 is 0.519 bits per heavy atom. The lowest BCUT2D eigenvalue weighted by molar-refractivity contribution is -0.137. The van der Waals surface area contributed by atoms with E-state index in [1.165, 1.54) is 12.8 Å². The number of rotatable bonds is 9. The van der Waals surface area contributed by atoms with Crippen molar-refractivity contribution in [2.24, 2.45) is 58.8 Å². The van der Waals surface area contributed by atoms with Crippen molar-refractivity contribution in [2.75, 3.05) is 0 Å². The molecule has 2 aromatic carbocycles. The lowest BCUT2D eigenvalue weighted by Gasteiger charge is -2.31. The minimum absolute atomic E-state index is 0.0177. The average Bonchev–Trinajstić information content (AvgIpc) is 4.14. The minimum atomic E-state index is -0.381. The van der Waals surface area contributed by atoms with Gasteiger partial charge < -0.3 is 31.2 Å². The molecular weight excluding hydrogens is 673 g/mol. The monoisotopic (exact) mass is 722 g/mol. The molecule has 6 aliphatic carbocycles. The van der Waals surface area contributed by atoms with E-state index in [0.29, 0.717) is 35.8 Å². The molecule has 4 heterocycles. The number of carbonyl (C=O) groups is 2. The van der Waals surface area contributed by atoms with Crippen molar-refractivity contribution in [2.45, 2.75) is 100 Å². The fourth-order valence-electron chi connectivity index (χ4n) is 11.9. The minimum Gasteiger partial charge on any atom is -0.346 e. The Bertz CT molecular complexity index is 1970. The quantitative estimate of drug-likeness (QED) is 0.162. The molecule has 2 unspecified atom stereocenters. The second-order valence-electron chi connectivity index (χ2n) is 18.6. The van der Waals surface area contributed by atoms with Crippen LogP contribution in [-0.4, -0.2) is 65.7 Å². The molecular formula is C44H50N8O2. The van der Waals surface area contributed by atoms with Gasteiger partial charge in [-0.25, -0.2) is 9.97 Å². The summed E-state index contributed by atoms with van der Waals surface area (Å²) in [6, 6.07) is 16.9. The number of aromatic nitrogens is 4. The van der Waals surface area contributed by atoms with Gasteiger partial charge in [-0.15, -0.1) is 0 Å². The van der Waals surface area contributed by atoms with E-state index in [0.717, 1.165) is 120 Å². The third-order valence-electron chi connectivity index (χ3n) is 15.4. The van der Waals surface area contributed by atoms with Crippen LogP contribution in [0.2, 0.25) is 0 Å². The highest BCUT2D eigenvalue weighted by Crippen LogP contribution is 2.58. The third kappa shape index (κ3) is 5.19. The summed E-state index contributed by atoms with van der Waals surface area (Å²) in [5.41, 5.74) is 19.4. The Hall–Kier alpha value is -4.28. The summed E-state index contributed by atoms with van der Waals surface area (Å²) < 4.78 is 0. The van der Waals surface area contributed by atoms with Crippen LogP contribution in [0.3, 0.4) is 0 Å². The largest absolute Gasteiger partial charge is 0.346 e.